The Kier molecular flexibility index (Phi) is 4.19. The second-order valence-electron chi connectivity index (χ2n) is 6.69. The molecule has 1 aliphatic rings. The molecule has 3 rings (SSSR count). The maximum absolute atomic E-state index is 12.6. The van der Waals surface area contributed by atoms with Crippen LogP contribution in [-0.2, 0) is 4.79 Å². The molecule has 1 amide bonds. The Labute approximate surface area is 131 Å². The zero-order valence-corrected chi connectivity index (χ0v) is 13.7. The average molecular weight is 299 g/mol. The number of amides is 1. The van der Waals surface area contributed by atoms with Gasteiger partial charge in [0.05, 0.1) is 11.2 Å². The summed E-state index contributed by atoms with van der Waals surface area (Å²) in [4.78, 5) is 12.6. The van der Waals surface area contributed by atoms with Gasteiger partial charge in [0, 0.05) is 11.4 Å². The van der Waals surface area contributed by atoms with Crippen molar-refractivity contribution in [3.8, 4) is 0 Å². The first-order valence-electron chi connectivity index (χ1n) is 8.30. The summed E-state index contributed by atoms with van der Waals surface area (Å²) in [7, 11) is 0. The van der Waals surface area contributed by atoms with E-state index in [1.807, 2.05) is 36.7 Å². The molecule has 4 nitrogen and oxygen atoms in total. The summed E-state index contributed by atoms with van der Waals surface area (Å²) < 4.78 is 1.85. The van der Waals surface area contributed by atoms with Gasteiger partial charge < -0.3 is 5.32 Å². The predicted octanol–water partition coefficient (Wildman–Crippen LogP) is 3.60. The molecule has 4 heteroatoms. The summed E-state index contributed by atoms with van der Waals surface area (Å²) in [5.41, 5.74) is 2.00. The SMILES string of the molecule is Cc1nn([C@H](C)C(=O)NC2CCC(C)CC2)c2ccccc12. The molecule has 1 heterocycles. The number of fused-ring (bicyclic) bond motifs is 1. The lowest BCUT2D eigenvalue weighted by Crippen LogP contribution is -2.40. The lowest BCUT2D eigenvalue weighted by molar-refractivity contribution is -0.125. The number of nitrogens with zero attached hydrogens (tertiary/aromatic N) is 2. The number of carbonyl (C=O) groups excluding carboxylic acids is 1. The molecule has 118 valence electrons. The molecule has 1 N–H and O–H groups in total. The Hall–Kier alpha value is -1.84. The van der Waals surface area contributed by atoms with Gasteiger partial charge in [0.2, 0.25) is 5.91 Å². The summed E-state index contributed by atoms with van der Waals surface area (Å²) >= 11 is 0. The van der Waals surface area contributed by atoms with Crippen LogP contribution in [0.25, 0.3) is 10.9 Å². The normalized spacial score (nSPS) is 23.4. The second-order valence-corrected chi connectivity index (χ2v) is 6.69. The minimum Gasteiger partial charge on any atom is -0.352 e. The molecular weight excluding hydrogens is 274 g/mol. The Morgan fingerprint density at radius 2 is 1.95 bits per heavy atom. The number of hydrogen-bond donors (Lipinski definition) is 1. The number of carbonyl (C=O) groups is 1. The lowest BCUT2D eigenvalue weighted by Gasteiger charge is -2.28. The fourth-order valence-corrected chi connectivity index (χ4v) is 3.38. The maximum Gasteiger partial charge on any atom is 0.244 e. The number of hydrogen-bond acceptors (Lipinski definition) is 2. The highest BCUT2D eigenvalue weighted by Crippen LogP contribution is 2.25. The monoisotopic (exact) mass is 299 g/mol. The first kappa shape index (κ1) is 15.1. The van der Waals surface area contributed by atoms with Crippen LogP contribution >= 0.6 is 0 Å². The quantitative estimate of drug-likeness (QED) is 0.941. The van der Waals surface area contributed by atoms with Gasteiger partial charge in [0.1, 0.15) is 6.04 Å². The summed E-state index contributed by atoms with van der Waals surface area (Å²) in [6, 6.07) is 8.14. The van der Waals surface area contributed by atoms with Gasteiger partial charge >= 0.3 is 0 Å². The highest BCUT2D eigenvalue weighted by molar-refractivity contribution is 5.86. The summed E-state index contributed by atoms with van der Waals surface area (Å²) in [6.07, 6.45) is 4.61. The van der Waals surface area contributed by atoms with Crippen molar-refractivity contribution in [2.45, 2.75) is 58.5 Å². The molecule has 0 saturated heterocycles. The average Bonchev–Trinajstić information content (AvgIpc) is 2.86. The molecule has 1 aromatic carbocycles. The zero-order chi connectivity index (χ0) is 15.7. The van der Waals surface area contributed by atoms with Crippen LogP contribution in [0.1, 0.15) is 51.3 Å². The fourth-order valence-electron chi connectivity index (χ4n) is 3.38. The van der Waals surface area contributed by atoms with Crippen LogP contribution in [0.15, 0.2) is 24.3 Å². The lowest BCUT2D eigenvalue weighted by atomic mass is 9.87. The van der Waals surface area contributed by atoms with E-state index in [4.69, 9.17) is 0 Å². The molecule has 2 aromatic rings. The van der Waals surface area contributed by atoms with E-state index in [2.05, 4.69) is 23.4 Å². The molecule has 1 atom stereocenters. The Morgan fingerprint density at radius 1 is 1.27 bits per heavy atom. The third-order valence-electron chi connectivity index (χ3n) is 4.91. The Balaban J connectivity index is 1.75. The first-order chi connectivity index (χ1) is 10.6. The van der Waals surface area contributed by atoms with E-state index in [-0.39, 0.29) is 11.9 Å². The topological polar surface area (TPSA) is 46.9 Å². The van der Waals surface area contributed by atoms with E-state index in [0.29, 0.717) is 6.04 Å². The van der Waals surface area contributed by atoms with E-state index >= 15 is 0 Å². The van der Waals surface area contributed by atoms with Gasteiger partial charge in [-0.1, -0.05) is 25.1 Å². The number of aromatic nitrogens is 2. The van der Waals surface area contributed by atoms with Gasteiger partial charge in [-0.25, -0.2) is 0 Å². The van der Waals surface area contributed by atoms with Crippen molar-refractivity contribution in [3.63, 3.8) is 0 Å². The zero-order valence-electron chi connectivity index (χ0n) is 13.7. The molecule has 0 spiro atoms. The van der Waals surface area contributed by atoms with Crippen LogP contribution in [0.3, 0.4) is 0 Å². The van der Waals surface area contributed by atoms with Gasteiger partial charge in [0.25, 0.3) is 0 Å². The Morgan fingerprint density at radius 3 is 2.68 bits per heavy atom. The predicted molar refractivity (Wildman–Crippen MR) is 88.7 cm³/mol. The third-order valence-corrected chi connectivity index (χ3v) is 4.91. The third kappa shape index (κ3) is 2.87. The van der Waals surface area contributed by atoms with Crippen LogP contribution in [-0.4, -0.2) is 21.7 Å². The molecule has 1 fully saturated rings. The standard InChI is InChI=1S/C18H25N3O/c1-12-8-10-15(11-9-12)19-18(22)14(3)21-17-7-5-4-6-16(17)13(2)20-21/h4-7,12,14-15H,8-11H2,1-3H3,(H,19,22)/t12?,14-,15?/m1/s1. The highest BCUT2D eigenvalue weighted by atomic mass is 16.2. The van der Waals surface area contributed by atoms with Crippen molar-refractivity contribution in [2.24, 2.45) is 5.92 Å². The van der Waals surface area contributed by atoms with Gasteiger partial charge in [-0.3, -0.25) is 9.48 Å². The van der Waals surface area contributed by atoms with E-state index < -0.39 is 0 Å². The van der Waals surface area contributed by atoms with Crippen LogP contribution in [0.5, 0.6) is 0 Å². The number of rotatable bonds is 3. The minimum atomic E-state index is -0.280. The van der Waals surface area contributed by atoms with Crippen LogP contribution in [0.4, 0.5) is 0 Å². The molecule has 0 radical (unpaired) electrons. The highest BCUT2D eigenvalue weighted by Gasteiger charge is 2.24. The molecule has 22 heavy (non-hydrogen) atoms. The van der Waals surface area contributed by atoms with Crippen molar-refractivity contribution in [1.82, 2.24) is 15.1 Å². The molecule has 1 aromatic heterocycles. The molecular formula is C18H25N3O. The van der Waals surface area contributed by atoms with Crippen LogP contribution < -0.4 is 5.32 Å². The van der Waals surface area contributed by atoms with Crippen molar-refractivity contribution in [2.75, 3.05) is 0 Å². The maximum atomic E-state index is 12.6. The smallest absolute Gasteiger partial charge is 0.244 e. The van der Waals surface area contributed by atoms with Crippen molar-refractivity contribution >= 4 is 16.8 Å². The summed E-state index contributed by atoms with van der Waals surface area (Å²) in [6.45, 7) is 6.21. The summed E-state index contributed by atoms with van der Waals surface area (Å²) in [5, 5.41) is 8.90. The minimum absolute atomic E-state index is 0.0767. The van der Waals surface area contributed by atoms with Gasteiger partial charge in [-0.05, 0) is 51.5 Å². The van der Waals surface area contributed by atoms with E-state index in [1.165, 1.54) is 12.8 Å². The van der Waals surface area contributed by atoms with E-state index in [9.17, 15) is 4.79 Å². The van der Waals surface area contributed by atoms with Crippen molar-refractivity contribution < 1.29 is 4.79 Å². The number of nitrogens with one attached hydrogen (secondary N) is 1. The Bertz CT molecular complexity index is 668. The molecule has 0 unspecified atom stereocenters. The van der Waals surface area contributed by atoms with Crippen molar-refractivity contribution in [1.29, 1.82) is 0 Å². The molecule has 1 aliphatic carbocycles. The van der Waals surface area contributed by atoms with E-state index in [1.54, 1.807) is 0 Å². The fraction of sp³-hybridized carbons (Fsp3) is 0.556. The second kappa shape index (κ2) is 6.11. The van der Waals surface area contributed by atoms with Gasteiger partial charge in [-0.15, -0.1) is 0 Å². The van der Waals surface area contributed by atoms with Crippen LogP contribution in [0, 0.1) is 12.8 Å². The molecule has 1 saturated carbocycles. The number of benzene rings is 1. The summed E-state index contributed by atoms with van der Waals surface area (Å²) in [5.74, 6) is 0.871. The molecule has 0 aliphatic heterocycles. The van der Waals surface area contributed by atoms with Crippen LogP contribution in [0.2, 0.25) is 0 Å². The van der Waals surface area contributed by atoms with Crippen molar-refractivity contribution in [3.05, 3.63) is 30.0 Å². The first-order valence-corrected chi connectivity index (χ1v) is 8.30. The largest absolute Gasteiger partial charge is 0.352 e. The van der Waals surface area contributed by atoms with Gasteiger partial charge in [0.15, 0.2) is 0 Å². The van der Waals surface area contributed by atoms with Gasteiger partial charge in [-0.2, -0.15) is 5.10 Å². The van der Waals surface area contributed by atoms with E-state index in [0.717, 1.165) is 35.4 Å². The molecule has 0 bridgehead atoms. The number of aryl methyl sites for hydroxylation is 1. The number of para-hydroxylation sites is 1.